The number of aryl methyl sites for hydroxylation is 3. The lowest BCUT2D eigenvalue weighted by Gasteiger charge is -2.18. The van der Waals surface area contributed by atoms with E-state index in [2.05, 4.69) is 5.32 Å². The number of nitrogens with one attached hydrogen (secondary N) is 1. The van der Waals surface area contributed by atoms with Gasteiger partial charge in [0.15, 0.2) is 6.10 Å². The summed E-state index contributed by atoms with van der Waals surface area (Å²) in [7, 11) is 0. The van der Waals surface area contributed by atoms with Gasteiger partial charge in [-0.05, 0) is 51.7 Å². The van der Waals surface area contributed by atoms with Crippen LogP contribution in [-0.4, -0.2) is 41.2 Å². The number of esters is 1. The van der Waals surface area contributed by atoms with Crippen molar-refractivity contribution in [1.29, 1.82) is 0 Å². The maximum absolute atomic E-state index is 12.5. The molecule has 7 nitrogen and oxygen atoms in total. The first-order valence-corrected chi connectivity index (χ1v) is 9.77. The summed E-state index contributed by atoms with van der Waals surface area (Å²) in [6, 6.07) is 3.91. The highest BCUT2D eigenvalue weighted by atomic mass is 16.5. The molecule has 3 amide bonds. The molecule has 1 aliphatic heterocycles. The summed E-state index contributed by atoms with van der Waals surface area (Å²) in [5.41, 5.74) is 3.61. The van der Waals surface area contributed by atoms with E-state index in [9.17, 15) is 19.2 Å². The van der Waals surface area contributed by atoms with Crippen molar-refractivity contribution in [3.8, 4) is 0 Å². The number of rotatable bonds is 5. The lowest BCUT2D eigenvalue weighted by atomic mass is 9.85. The van der Waals surface area contributed by atoms with Crippen molar-refractivity contribution in [2.24, 2.45) is 11.8 Å². The Morgan fingerprint density at radius 2 is 1.59 bits per heavy atom. The number of hydrogen-bond acceptors (Lipinski definition) is 5. The van der Waals surface area contributed by atoms with E-state index in [1.54, 1.807) is 0 Å². The zero-order chi connectivity index (χ0) is 21.3. The number of anilines is 1. The zero-order valence-electron chi connectivity index (χ0n) is 17.2. The quantitative estimate of drug-likeness (QED) is 0.467. The summed E-state index contributed by atoms with van der Waals surface area (Å²) >= 11 is 0. The van der Waals surface area contributed by atoms with Gasteiger partial charge in [0, 0.05) is 5.69 Å². The molecule has 1 heterocycles. The van der Waals surface area contributed by atoms with E-state index in [1.165, 1.54) is 6.92 Å². The molecule has 2 aliphatic rings. The van der Waals surface area contributed by atoms with E-state index in [0.717, 1.165) is 21.6 Å². The molecule has 0 saturated carbocycles. The smallest absolute Gasteiger partial charge is 0.326 e. The van der Waals surface area contributed by atoms with Gasteiger partial charge in [-0.3, -0.25) is 24.1 Å². The van der Waals surface area contributed by atoms with E-state index in [-0.39, 0.29) is 11.8 Å². The van der Waals surface area contributed by atoms with Gasteiger partial charge in [0.05, 0.1) is 11.8 Å². The maximum Gasteiger partial charge on any atom is 0.326 e. The molecule has 1 saturated heterocycles. The summed E-state index contributed by atoms with van der Waals surface area (Å²) in [6.45, 7) is 6.76. The molecule has 0 spiro atoms. The molecule has 1 aromatic carbocycles. The Labute approximate surface area is 170 Å². The highest BCUT2D eigenvalue weighted by Gasteiger charge is 2.47. The highest BCUT2D eigenvalue weighted by Crippen LogP contribution is 2.34. The predicted octanol–water partition coefficient (Wildman–Crippen LogP) is 2.43. The minimum atomic E-state index is -1.06. The number of imide groups is 1. The van der Waals surface area contributed by atoms with Crippen LogP contribution in [0.15, 0.2) is 24.3 Å². The Kier molecular flexibility index (Phi) is 5.86. The lowest BCUT2D eigenvalue weighted by molar-refractivity contribution is -0.158. The topological polar surface area (TPSA) is 92.8 Å². The number of fused-ring (bicyclic) bond motifs is 1. The Morgan fingerprint density at radius 3 is 2.10 bits per heavy atom. The highest BCUT2D eigenvalue weighted by molar-refractivity contribution is 6.07. The first kappa shape index (κ1) is 20.8. The normalized spacial score (nSPS) is 21.7. The molecule has 0 unspecified atom stereocenters. The zero-order valence-corrected chi connectivity index (χ0v) is 17.2. The largest absolute Gasteiger partial charge is 0.451 e. The van der Waals surface area contributed by atoms with Crippen molar-refractivity contribution >= 4 is 29.4 Å². The number of nitrogens with zero attached hydrogens (tertiary/aromatic N) is 1. The van der Waals surface area contributed by atoms with Gasteiger partial charge in [-0.25, -0.2) is 0 Å². The molecule has 7 heteroatoms. The average molecular weight is 398 g/mol. The molecule has 1 fully saturated rings. The summed E-state index contributed by atoms with van der Waals surface area (Å²) in [6.07, 6.45) is 3.73. The lowest BCUT2D eigenvalue weighted by Crippen LogP contribution is -2.39. The van der Waals surface area contributed by atoms with Crippen molar-refractivity contribution in [3.05, 3.63) is 41.0 Å². The summed E-state index contributed by atoms with van der Waals surface area (Å²) in [5, 5.41) is 2.79. The maximum atomic E-state index is 12.5. The third kappa shape index (κ3) is 4.23. The first-order valence-electron chi connectivity index (χ1n) is 9.77. The average Bonchev–Trinajstić information content (AvgIpc) is 2.89. The van der Waals surface area contributed by atoms with E-state index in [1.807, 2.05) is 45.1 Å². The van der Waals surface area contributed by atoms with Crippen LogP contribution in [-0.2, 0) is 23.9 Å². The Balaban J connectivity index is 1.59. The van der Waals surface area contributed by atoms with Gasteiger partial charge in [-0.15, -0.1) is 0 Å². The number of carbonyl (C=O) groups excluding carboxylic acids is 4. The van der Waals surface area contributed by atoms with E-state index in [0.29, 0.717) is 18.5 Å². The van der Waals surface area contributed by atoms with Crippen molar-refractivity contribution in [2.45, 2.75) is 46.6 Å². The molecule has 3 rings (SSSR count). The van der Waals surface area contributed by atoms with Crippen LogP contribution in [0.5, 0.6) is 0 Å². The first-order chi connectivity index (χ1) is 13.7. The molecule has 1 N–H and O–H groups in total. The number of amides is 3. The fourth-order valence-electron chi connectivity index (χ4n) is 4.04. The van der Waals surface area contributed by atoms with Crippen LogP contribution < -0.4 is 5.32 Å². The van der Waals surface area contributed by atoms with Crippen LogP contribution in [0.25, 0.3) is 0 Å². The monoisotopic (exact) mass is 398 g/mol. The van der Waals surface area contributed by atoms with E-state index in [4.69, 9.17) is 4.74 Å². The third-order valence-electron chi connectivity index (χ3n) is 5.49. The number of benzene rings is 1. The van der Waals surface area contributed by atoms with E-state index >= 15 is 0 Å². The van der Waals surface area contributed by atoms with Gasteiger partial charge in [0.2, 0.25) is 11.8 Å². The number of allylic oxidation sites excluding steroid dienone is 2. The van der Waals surface area contributed by atoms with Crippen LogP contribution in [0.3, 0.4) is 0 Å². The minimum absolute atomic E-state index is 0.343. The second-order valence-corrected chi connectivity index (χ2v) is 7.81. The number of ether oxygens (including phenoxy) is 1. The molecule has 1 aliphatic carbocycles. The van der Waals surface area contributed by atoms with Crippen LogP contribution in [0.2, 0.25) is 0 Å². The van der Waals surface area contributed by atoms with Crippen LogP contribution in [0.1, 0.15) is 36.5 Å². The van der Waals surface area contributed by atoms with Crippen molar-refractivity contribution in [1.82, 2.24) is 4.90 Å². The molecular formula is C22H26N2O5. The molecular weight excluding hydrogens is 372 g/mol. The van der Waals surface area contributed by atoms with Gasteiger partial charge in [0.25, 0.3) is 5.91 Å². The SMILES string of the molecule is Cc1cc(C)c(NC(=O)[C@H](C)OC(=O)CN2C(=O)[C@@H]3CC=CC[C@H]3C2=O)c(C)c1. The van der Waals surface area contributed by atoms with Crippen LogP contribution >= 0.6 is 0 Å². The Hall–Kier alpha value is -2.96. The minimum Gasteiger partial charge on any atom is -0.451 e. The fraction of sp³-hybridized carbons (Fsp3) is 0.455. The standard InChI is InChI=1S/C22H26N2O5/c1-12-9-13(2)19(14(3)10-12)23-20(26)15(4)29-18(25)11-24-21(27)16-7-5-6-8-17(16)22(24)28/h5-6,9-10,15-17H,7-8,11H2,1-4H3,(H,23,26)/t15-,16+,17+/m0/s1. The molecule has 1 aromatic rings. The molecule has 154 valence electrons. The summed E-state index contributed by atoms with van der Waals surface area (Å²) in [4.78, 5) is 50.6. The van der Waals surface area contributed by atoms with Gasteiger partial charge in [0.1, 0.15) is 6.54 Å². The van der Waals surface area contributed by atoms with Gasteiger partial charge in [-0.2, -0.15) is 0 Å². The van der Waals surface area contributed by atoms with Gasteiger partial charge >= 0.3 is 5.97 Å². The molecule has 0 bridgehead atoms. The molecule has 0 aromatic heterocycles. The van der Waals surface area contributed by atoms with Gasteiger partial charge in [-0.1, -0.05) is 29.8 Å². The van der Waals surface area contributed by atoms with Gasteiger partial charge < -0.3 is 10.1 Å². The molecule has 3 atom stereocenters. The molecule has 29 heavy (non-hydrogen) atoms. The number of likely N-dealkylation sites (tertiary alicyclic amines) is 1. The summed E-state index contributed by atoms with van der Waals surface area (Å²) < 4.78 is 5.19. The Morgan fingerprint density at radius 1 is 1.07 bits per heavy atom. The third-order valence-corrected chi connectivity index (χ3v) is 5.49. The Bertz CT molecular complexity index is 855. The van der Waals surface area contributed by atoms with Crippen LogP contribution in [0.4, 0.5) is 5.69 Å². The second-order valence-electron chi connectivity index (χ2n) is 7.81. The number of hydrogen-bond donors (Lipinski definition) is 1. The fourth-order valence-corrected chi connectivity index (χ4v) is 4.04. The van der Waals surface area contributed by atoms with Crippen LogP contribution in [0, 0.1) is 32.6 Å². The number of carbonyl (C=O) groups is 4. The molecule has 0 radical (unpaired) electrons. The van der Waals surface area contributed by atoms with Crippen molar-refractivity contribution in [3.63, 3.8) is 0 Å². The van der Waals surface area contributed by atoms with Crippen molar-refractivity contribution < 1.29 is 23.9 Å². The summed E-state index contributed by atoms with van der Waals surface area (Å²) in [5.74, 6) is -2.72. The second kappa shape index (κ2) is 8.19. The predicted molar refractivity (Wildman–Crippen MR) is 107 cm³/mol. The van der Waals surface area contributed by atoms with Crippen molar-refractivity contribution in [2.75, 3.05) is 11.9 Å². The van der Waals surface area contributed by atoms with E-state index < -0.39 is 36.4 Å².